The molecule has 5 aromatic rings. The van der Waals surface area contributed by atoms with Crippen LogP contribution in [0.2, 0.25) is 0 Å². The van der Waals surface area contributed by atoms with Crippen LogP contribution in [-0.2, 0) is 0 Å². The van der Waals surface area contributed by atoms with Gasteiger partial charge < -0.3 is 0 Å². The summed E-state index contributed by atoms with van der Waals surface area (Å²) in [5.41, 5.74) is 3.78. The van der Waals surface area contributed by atoms with Gasteiger partial charge in [-0.15, -0.1) is 0 Å². The van der Waals surface area contributed by atoms with Gasteiger partial charge in [0.1, 0.15) is 0 Å². The molecule has 0 radical (unpaired) electrons. The second kappa shape index (κ2) is 8.77. The van der Waals surface area contributed by atoms with Crippen molar-refractivity contribution in [3.63, 3.8) is 0 Å². The molecular weight excluding hydrogens is 460 g/mol. The van der Waals surface area contributed by atoms with Crippen LogP contribution in [0.1, 0.15) is 5.56 Å². The second-order valence-corrected chi connectivity index (χ2v) is 13.3. The van der Waals surface area contributed by atoms with Gasteiger partial charge >= 0.3 is 191 Å². The van der Waals surface area contributed by atoms with Crippen LogP contribution in [0.5, 0.6) is 0 Å². The molecule has 1 nitrogen and oxygen atoms in total. The quantitative estimate of drug-likeness (QED) is 0.265. The van der Waals surface area contributed by atoms with E-state index in [2.05, 4.69) is 127 Å². The first-order chi connectivity index (χ1) is 15.3. The van der Waals surface area contributed by atoms with Crippen LogP contribution >= 0.6 is 7.26 Å². The van der Waals surface area contributed by atoms with Crippen molar-refractivity contribution >= 4 is 43.1 Å². The fourth-order valence-corrected chi connectivity index (χ4v) is 11.8. The monoisotopic (exact) mass is 485 g/mol. The second-order valence-electron chi connectivity index (χ2n) is 7.75. The molecule has 4 aromatic carbocycles. The maximum absolute atomic E-state index is 5.36. The van der Waals surface area contributed by atoms with E-state index in [-0.39, 0.29) is 14.5 Å². The molecule has 0 saturated carbocycles. The SMILES string of the molecule is Cc1ccc(-c2nc([PH](c3ccccc3)(c3ccccc3)c3ccccc3)c[se]2)cc1. The first-order valence-corrected chi connectivity index (χ1v) is 14.3. The molecule has 0 aliphatic carbocycles. The summed E-state index contributed by atoms with van der Waals surface area (Å²) < 4.78 is 1.22. The number of hydrogen-bond donors (Lipinski definition) is 0. The molecule has 0 aliphatic heterocycles. The van der Waals surface area contributed by atoms with E-state index in [9.17, 15) is 0 Å². The Labute approximate surface area is 190 Å². The summed E-state index contributed by atoms with van der Waals surface area (Å²) >= 11 is 0.223. The van der Waals surface area contributed by atoms with Crippen molar-refractivity contribution in [2.75, 3.05) is 0 Å². The Bertz CT molecular complexity index is 1170. The van der Waals surface area contributed by atoms with E-state index < -0.39 is 7.26 Å². The van der Waals surface area contributed by atoms with E-state index in [1.54, 1.807) is 0 Å². The van der Waals surface area contributed by atoms with E-state index >= 15 is 0 Å². The van der Waals surface area contributed by atoms with Gasteiger partial charge in [-0.25, -0.2) is 0 Å². The van der Waals surface area contributed by atoms with Crippen LogP contribution in [0.4, 0.5) is 0 Å². The minimum atomic E-state index is -2.49. The fraction of sp³-hybridized carbons (Fsp3) is 0.0357. The molecule has 0 saturated heterocycles. The summed E-state index contributed by atoms with van der Waals surface area (Å²) in [5, 5.41) is 4.13. The Kier molecular flexibility index (Phi) is 5.70. The summed E-state index contributed by atoms with van der Waals surface area (Å²) in [6, 6.07) is 41.8. The fourth-order valence-electron chi connectivity index (χ4n) is 4.28. The van der Waals surface area contributed by atoms with Gasteiger partial charge in [0.25, 0.3) is 0 Å². The predicted molar refractivity (Wildman–Crippen MR) is 138 cm³/mol. The van der Waals surface area contributed by atoms with Crippen molar-refractivity contribution in [3.8, 4) is 10.1 Å². The van der Waals surface area contributed by atoms with Crippen molar-refractivity contribution < 1.29 is 0 Å². The first kappa shape index (κ1) is 20.2. The summed E-state index contributed by atoms with van der Waals surface area (Å²) in [5.74, 6) is 0. The zero-order chi connectivity index (χ0) is 21.1. The van der Waals surface area contributed by atoms with E-state index in [1.165, 1.54) is 37.0 Å². The normalized spacial score (nSPS) is 11.9. The summed E-state index contributed by atoms with van der Waals surface area (Å²) in [6.07, 6.45) is 0. The number of nitrogens with zero attached hydrogens (tertiary/aromatic N) is 1. The van der Waals surface area contributed by atoms with Crippen LogP contribution in [0.3, 0.4) is 0 Å². The van der Waals surface area contributed by atoms with Crippen molar-refractivity contribution in [2.45, 2.75) is 6.92 Å². The van der Waals surface area contributed by atoms with Crippen LogP contribution < -0.4 is 21.3 Å². The summed E-state index contributed by atoms with van der Waals surface area (Å²) in [4.78, 5) is 7.79. The van der Waals surface area contributed by atoms with E-state index in [4.69, 9.17) is 4.98 Å². The predicted octanol–water partition coefficient (Wildman–Crippen LogP) is 4.47. The molecule has 0 amide bonds. The van der Waals surface area contributed by atoms with Gasteiger partial charge in [0.2, 0.25) is 0 Å². The topological polar surface area (TPSA) is 12.9 Å². The molecule has 31 heavy (non-hydrogen) atoms. The molecular formula is C28H24NPSe. The van der Waals surface area contributed by atoms with Gasteiger partial charge in [0, 0.05) is 0 Å². The van der Waals surface area contributed by atoms with Crippen LogP contribution in [0.15, 0.2) is 120 Å². The Morgan fingerprint density at radius 1 is 0.581 bits per heavy atom. The van der Waals surface area contributed by atoms with Crippen LogP contribution in [0.25, 0.3) is 10.1 Å². The van der Waals surface area contributed by atoms with E-state index in [1.807, 2.05) is 0 Å². The molecule has 0 bridgehead atoms. The average molecular weight is 484 g/mol. The molecule has 3 heteroatoms. The van der Waals surface area contributed by atoms with Gasteiger partial charge in [0.15, 0.2) is 0 Å². The molecule has 152 valence electrons. The number of rotatable bonds is 5. The van der Waals surface area contributed by atoms with Gasteiger partial charge in [0.05, 0.1) is 0 Å². The molecule has 0 N–H and O–H groups in total. The van der Waals surface area contributed by atoms with E-state index in [0.717, 1.165) is 0 Å². The first-order valence-electron chi connectivity index (χ1n) is 10.5. The Morgan fingerprint density at radius 3 is 1.48 bits per heavy atom. The number of benzene rings is 4. The van der Waals surface area contributed by atoms with Gasteiger partial charge in [-0.05, 0) is 0 Å². The van der Waals surface area contributed by atoms with Gasteiger partial charge in [-0.2, -0.15) is 0 Å². The molecule has 0 atom stereocenters. The molecule has 0 spiro atoms. The van der Waals surface area contributed by atoms with Crippen molar-refractivity contribution in [1.82, 2.24) is 4.98 Å². The van der Waals surface area contributed by atoms with Gasteiger partial charge in [-0.1, -0.05) is 0 Å². The number of hydrogen-bond acceptors (Lipinski definition) is 1. The molecule has 0 fully saturated rings. The van der Waals surface area contributed by atoms with Crippen molar-refractivity contribution in [1.29, 1.82) is 0 Å². The van der Waals surface area contributed by atoms with Crippen LogP contribution in [-0.4, -0.2) is 19.5 Å². The summed E-state index contributed by atoms with van der Waals surface area (Å²) in [7, 11) is -2.49. The molecule has 1 heterocycles. The molecule has 5 rings (SSSR count). The molecule has 0 aliphatic rings. The van der Waals surface area contributed by atoms with E-state index in [0.29, 0.717) is 0 Å². The molecule has 0 unspecified atom stereocenters. The Hall–Kier alpha value is -2.76. The zero-order valence-electron chi connectivity index (χ0n) is 17.4. The number of aryl methyl sites for hydroxylation is 1. The van der Waals surface area contributed by atoms with Crippen LogP contribution in [0, 0.1) is 6.92 Å². The third-order valence-electron chi connectivity index (χ3n) is 5.81. The Balaban J connectivity index is 1.80. The third-order valence-corrected chi connectivity index (χ3v) is 12.8. The molecule has 1 aromatic heterocycles. The maximum atomic E-state index is 5.36. The Morgan fingerprint density at radius 2 is 1.03 bits per heavy atom. The zero-order valence-corrected chi connectivity index (χ0v) is 20.1. The van der Waals surface area contributed by atoms with Gasteiger partial charge in [-0.3, -0.25) is 0 Å². The number of aromatic nitrogens is 1. The summed E-state index contributed by atoms with van der Waals surface area (Å²) in [6.45, 7) is 2.13. The average Bonchev–Trinajstić information content (AvgIpc) is 3.33. The standard InChI is InChI=1S/C28H24NPSe/c1-22-17-19-23(20-18-22)28-29-27(21-31-28)30(24-11-5-2-6-12-24,25-13-7-3-8-14-25)26-15-9-4-10-16-26/h2-21,30H,1H3. The van der Waals surface area contributed by atoms with Crippen molar-refractivity contribution in [3.05, 3.63) is 126 Å². The minimum absolute atomic E-state index is 0.223. The van der Waals surface area contributed by atoms with Crippen molar-refractivity contribution in [2.24, 2.45) is 0 Å². The third kappa shape index (κ3) is 3.73.